The number of anilines is 1. The van der Waals surface area contributed by atoms with Crippen LogP contribution in [-0.4, -0.2) is 18.6 Å². The number of nitrogens with one attached hydrogen (secondary N) is 1. The van der Waals surface area contributed by atoms with Crippen LogP contribution in [0.3, 0.4) is 0 Å². The second kappa shape index (κ2) is 6.39. The van der Waals surface area contributed by atoms with E-state index in [4.69, 9.17) is 4.74 Å². The molecule has 0 radical (unpaired) electrons. The quantitative estimate of drug-likeness (QED) is 0.860. The fourth-order valence-corrected chi connectivity index (χ4v) is 2.85. The van der Waals surface area contributed by atoms with Crippen molar-refractivity contribution in [2.45, 2.75) is 13.8 Å². The molecule has 0 saturated carbocycles. The number of hydrogen-bond donors (Lipinski definition) is 1. The molecular formula is C14H17BrN2OS. The Morgan fingerprint density at radius 1 is 1.42 bits per heavy atom. The summed E-state index contributed by atoms with van der Waals surface area (Å²) in [7, 11) is 1.69. The minimum atomic E-state index is 0.604. The van der Waals surface area contributed by atoms with Crippen molar-refractivity contribution in [2.75, 3.05) is 19.0 Å². The van der Waals surface area contributed by atoms with Crippen molar-refractivity contribution in [3.8, 4) is 16.2 Å². The molecule has 102 valence electrons. The number of nitrogens with zero attached hydrogens (tertiary/aromatic N) is 1. The van der Waals surface area contributed by atoms with Gasteiger partial charge in [0.05, 0.1) is 12.0 Å². The molecule has 0 bridgehead atoms. The van der Waals surface area contributed by atoms with Gasteiger partial charge in [-0.15, -0.1) is 0 Å². The number of benzene rings is 1. The maximum atomic E-state index is 5.40. The number of thiazole rings is 1. The highest BCUT2D eigenvalue weighted by atomic mass is 79.9. The minimum Gasteiger partial charge on any atom is -0.496 e. The maximum absolute atomic E-state index is 5.40. The average molecular weight is 341 g/mol. The van der Waals surface area contributed by atoms with Crippen molar-refractivity contribution in [1.29, 1.82) is 0 Å². The monoisotopic (exact) mass is 340 g/mol. The fraction of sp³-hybridized carbons (Fsp3) is 0.357. The molecule has 1 N–H and O–H groups in total. The van der Waals surface area contributed by atoms with Crippen LogP contribution in [0.15, 0.2) is 28.9 Å². The Balaban J connectivity index is 2.24. The first-order valence-corrected chi connectivity index (χ1v) is 7.74. The third-order valence-electron chi connectivity index (χ3n) is 2.59. The van der Waals surface area contributed by atoms with E-state index in [9.17, 15) is 0 Å². The van der Waals surface area contributed by atoms with Crippen molar-refractivity contribution >= 4 is 32.4 Å². The van der Waals surface area contributed by atoms with E-state index in [1.54, 1.807) is 18.4 Å². The van der Waals surface area contributed by atoms with Crippen LogP contribution in [0.5, 0.6) is 5.75 Å². The lowest BCUT2D eigenvalue weighted by Crippen LogP contribution is -2.07. The SMILES string of the molecule is COc1ccc(Br)cc1-c1cnc(NCC(C)C)s1. The van der Waals surface area contributed by atoms with Crippen LogP contribution in [0.25, 0.3) is 10.4 Å². The van der Waals surface area contributed by atoms with Crippen molar-refractivity contribution in [3.63, 3.8) is 0 Å². The Kier molecular flexibility index (Phi) is 4.82. The molecule has 0 spiro atoms. The molecule has 1 aromatic heterocycles. The Morgan fingerprint density at radius 2 is 2.21 bits per heavy atom. The van der Waals surface area contributed by atoms with Gasteiger partial charge in [-0.1, -0.05) is 41.1 Å². The lowest BCUT2D eigenvalue weighted by molar-refractivity contribution is 0.416. The van der Waals surface area contributed by atoms with Gasteiger partial charge in [-0.25, -0.2) is 4.98 Å². The molecule has 2 aromatic rings. The summed E-state index contributed by atoms with van der Waals surface area (Å²) in [5.74, 6) is 1.47. The summed E-state index contributed by atoms with van der Waals surface area (Å²) in [6.45, 7) is 5.29. The van der Waals surface area contributed by atoms with Gasteiger partial charge in [-0.05, 0) is 24.1 Å². The lowest BCUT2D eigenvalue weighted by Gasteiger charge is -2.07. The molecule has 0 unspecified atom stereocenters. The average Bonchev–Trinajstić information content (AvgIpc) is 2.85. The lowest BCUT2D eigenvalue weighted by atomic mass is 10.2. The van der Waals surface area contributed by atoms with Gasteiger partial charge in [-0.2, -0.15) is 0 Å². The van der Waals surface area contributed by atoms with E-state index >= 15 is 0 Å². The van der Waals surface area contributed by atoms with Crippen molar-refractivity contribution in [2.24, 2.45) is 5.92 Å². The number of methoxy groups -OCH3 is 1. The molecule has 0 atom stereocenters. The topological polar surface area (TPSA) is 34.1 Å². The summed E-state index contributed by atoms with van der Waals surface area (Å²) in [6, 6.07) is 5.99. The van der Waals surface area contributed by atoms with Gasteiger partial charge in [0, 0.05) is 22.8 Å². The van der Waals surface area contributed by atoms with Gasteiger partial charge in [0.25, 0.3) is 0 Å². The molecule has 0 fully saturated rings. The summed E-state index contributed by atoms with van der Waals surface area (Å²) in [5, 5.41) is 4.29. The fourth-order valence-electron chi connectivity index (χ4n) is 1.64. The Labute approximate surface area is 126 Å². The van der Waals surface area contributed by atoms with Crippen LogP contribution >= 0.6 is 27.3 Å². The third-order valence-corrected chi connectivity index (χ3v) is 4.08. The van der Waals surface area contributed by atoms with Crippen molar-refractivity contribution in [1.82, 2.24) is 4.98 Å². The van der Waals surface area contributed by atoms with Gasteiger partial charge < -0.3 is 10.1 Å². The van der Waals surface area contributed by atoms with Crippen LogP contribution in [0.1, 0.15) is 13.8 Å². The Bertz CT molecular complexity index is 554. The first-order valence-electron chi connectivity index (χ1n) is 6.13. The zero-order valence-corrected chi connectivity index (χ0v) is 13.6. The van der Waals surface area contributed by atoms with E-state index in [2.05, 4.69) is 46.1 Å². The first kappa shape index (κ1) is 14.3. The van der Waals surface area contributed by atoms with Crippen LogP contribution in [0.4, 0.5) is 5.13 Å². The van der Waals surface area contributed by atoms with E-state index in [1.165, 1.54) is 0 Å². The van der Waals surface area contributed by atoms with Crippen LogP contribution < -0.4 is 10.1 Å². The molecule has 19 heavy (non-hydrogen) atoms. The van der Waals surface area contributed by atoms with E-state index in [-0.39, 0.29) is 0 Å². The normalized spacial score (nSPS) is 10.8. The van der Waals surface area contributed by atoms with Gasteiger partial charge in [0.2, 0.25) is 0 Å². The highest BCUT2D eigenvalue weighted by Crippen LogP contribution is 2.37. The summed E-state index contributed by atoms with van der Waals surface area (Å²) in [5.41, 5.74) is 1.06. The van der Waals surface area contributed by atoms with Crippen LogP contribution in [0, 0.1) is 5.92 Å². The van der Waals surface area contributed by atoms with Crippen LogP contribution in [0.2, 0.25) is 0 Å². The van der Waals surface area contributed by atoms with Gasteiger partial charge in [-0.3, -0.25) is 0 Å². The summed E-state index contributed by atoms with van der Waals surface area (Å²) < 4.78 is 6.44. The van der Waals surface area contributed by atoms with Gasteiger partial charge in [0.15, 0.2) is 5.13 Å². The standard InChI is InChI=1S/C14H17BrN2OS/c1-9(2)7-16-14-17-8-13(19-14)11-6-10(15)4-5-12(11)18-3/h4-6,8-9H,7H2,1-3H3,(H,16,17). The second-order valence-corrected chi connectivity index (χ2v) is 6.60. The zero-order valence-electron chi connectivity index (χ0n) is 11.2. The third kappa shape index (κ3) is 3.70. The van der Waals surface area contributed by atoms with E-state index < -0.39 is 0 Å². The molecular weight excluding hydrogens is 324 g/mol. The molecule has 0 aliphatic carbocycles. The molecule has 3 nitrogen and oxygen atoms in total. The smallest absolute Gasteiger partial charge is 0.183 e. The predicted octanol–water partition coefficient (Wildman–Crippen LogP) is 4.65. The first-order chi connectivity index (χ1) is 9.10. The summed E-state index contributed by atoms with van der Waals surface area (Å²) in [4.78, 5) is 5.51. The highest BCUT2D eigenvalue weighted by Gasteiger charge is 2.10. The van der Waals surface area contributed by atoms with Gasteiger partial charge >= 0.3 is 0 Å². The number of aromatic nitrogens is 1. The number of halogens is 1. The molecule has 0 aliphatic rings. The molecule has 5 heteroatoms. The maximum Gasteiger partial charge on any atom is 0.183 e. The minimum absolute atomic E-state index is 0.604. The predicted molar refractivity (Wildman–Crippen MR) is 85.1 cm³/mol. The molecule has 2 rings (SSSR count). The molecule has 0 saturated heterocycles. The summed E-state index contributed by atoms with van der Waals surface area (Å²) >= 11 is 5.14. The van der Waals surface area contributed by atoms with E-state index in [0.717, 1.165) is 32.3 Å². The number of rotatable bonds is 5. The largest absolute Gasteiger partial charge is 0.496 e. The number of ether oxygens (including phenoxy) is 1. The molecule has 0 aliphatic heterocycles. The van der Waals surface area contributed by atoms with Crippen molar-refractivity contribution in [3.05, 3.63) is 28.9 Å². The van der Waals surface area contributed by atoms with Crippen molar-refractivity contribution < 1.29 is 4.74 Å². The summed E-state index contributed by atoms with van der Waals surface area (Å²) in [6.07, 6.45) is 1.89. The van der Waals surface area contributed by atoms with E-state index in [0.29, 0.717) is 5.92 Å². The molecule has 0 amide bonds. The van der Waals surface area contributed by atoms with E-state index in [1.807, 2.05) is 18.3 Å². The number of hydrogen-bond acceptors (Lipinski definition) is 4. The zero-order chi connectivity index (χ0) is 13.8. The van der Waals surface area contributed by atoms with Gasteiger partial charge in [0.1, 0.15) is 5.75 Å². The van der Waals surface area contributed by atoms with Crippen LogP contribution in [-0.2, 0) is 0 Å². The highest BCUT2D eigenvalue weighted by molar-refractivity contribution is 9.10. The Morgan fingerprint density at radius 3 is 2.89 bits per heavy atom. The Hall–Kier alpha value is -1.07. The second-order valence-electron chi connectivity index (χ2n) is 4.65. The molecule has 1 aromatic carbocycles. The molecule has 1 heterocycles.